The molecule has 0 fully saturated rings. The number of anilines is 3. The maximum atomic E-state index is 6.51. The Labute approximate surface area is 357 Å². The standard InChI is InChI=1S/C58H37NOS/c1-2-18-41-38(16-1)17-13-26-43(41)44-19-3-4-20-45(44)46-21-5-9-29-52(46)59(40-36-34-39(35-37-40)42-25-14-28-50-48-23-7-11-31-54(48)60-58(42)50)53-30-10-6-22-47(53)49-27-15-33-56-57(49)51-24-8-12-32-55(51)61-56/h1-37H. The van der Waals surface area contributed by atoms with Crippen LogP contribution in [-0.2, 0) is 0 Å². The van der Waals surface area contributed by atoms with E-state index < -0.39 is 0 Å². The molecule has 0 unspecified atom stereocenters. The molecule has 61 heavy (non-hydrogen) atoms. The molecule has 0 N–H and O–H groups in total. The fraction of sp³-hybridized carbons (Fsp3) is 0. The molecule has 0 aliphatic rings. The molecule has 0 spiro atoms. The summed E-state index contributed by atoms with van der Waals surface area (Å²) in [7, 11) is 0. The van der Waals surface area contributed by atoms with Gasteiger partial charge in [-0.2, -0.15) is 0 Å². The van der Waals surface area contributed by atoms with Crippen LogP contribution in [0.3, 0.4) is 0 Å². The van der Waals surface area contributed by atoms with Crippen molar-refractivity contribution in [2.24, 2.45) is 0 Å². The van der Waals surface area contributed by atoms with E-state index in [9.17, 15) is 0 Å². The summed E-state index contributed by atoms with van der Waals surface area (Å²) in [6.07, 6.45) is 0. The molecule has 3 heteroatoms. The highest BCUT2D eigenvalue weighted by atomic mass is 32.1. The zero-order valence-electron chi connectivity index (χ0n) is 33.1. The van der Waals surface area contributed by atoms with Gasteiger partial charge in [0.15, 0.2) is 0 Å². The highest BCUT2D eigenvalue weighted by molar-refractivity contribution is 7.25. The van der Waals surface area contributed by atoms with Crippen LogP contribution in [0.2, 0.25) is 0 Å². The summed E-state index contributed by atoms with van der Waals surface area (Å²) in [6, 6.07) is 81.2. The molecule has 0 amide bonds. The number of furan rings is 1. The molecule has 0 saturated carbocycles. The number of fused-ring (bicyclic) bond motifs is 7. The van der Waals surface area contributed by atoms with E-state index in [4.69, 9.17) is 4.42 Å². The van der Waals surface area contributed by atoms with Gasteiger partial charge in [-0.05, 0) is 81.1 Å². The highest BCUT2D eigenvalue weighted by Gasteiger charge is 2.24. The van der Waals surface area contributed by atoms with Crippen LogP contribution in [0, 0.1) is 0 Å². The number of benzene rings is 10. The second-order valence-electron chi connectivity index (χ2n) is 15.5. The van der Waals surface area contributed by atoms with Gasteiger partial charge in [-0.1, -0.05) is 182 Å². The van der Waals surface area contributed by atoms with Crippen molar-refractivity contribution in [3.8, 4) is 44.5 Å². The molecule has 2 heterocycles. The second kappa shape index (κ2) is 14.5. The first-order valence-electron chi connectivity index (χ1n) is 20.8. The largest absolute Gasteiger partial charge is 0.455 e. The van der Waals surface area contributed by atoms with Gasteiger partial charge in [-0.3, -0.25) is 0 Å². The first-order valence-corrected chi connectivity index (χ1v) is 21.6. The highest BCUT2D eigenvalue weighted by Crippen LogP contribution is 2.49. The average Bonchev–Trinajstić information content (AvgIpc) is 3.91. The SMILES string of the molecule is c1ccc(-c2cccc3ccccc23)c(-c2ccccc2N(c2ccc(-c3cccc4c3oc3ccccc34)cc2)c2ccccc2-c2cccc3sc4ccccc4c23)c1. The lowest BCUT2D eigenvalue weighted by Gasteiger charge is -2.30. The smallest absolute Gasteiger partial charge is 0.143 e. The summed E-state index contributed by atoms with van der Waals surface area (Å²) in [4.78, 5) is 2.46. The van der Waals surface area contributed by atoms with Crippen molar-refractivity contribution >= 4 is 81.3 Å². The normalized spacial score (nSPS) is 11.6. The van der Waals surface area contributed by atoms with Crippen LogP contribution in [0.4, 0.5) is 17.1 Å². The zero-order valence-corrected chi connectivity index (χ0v) is 33.9. The summed E-state index contributed by atoms with van der Waals surface area (Å²) in [6.45, 7) is 0. The van der Waals surface area contributed by atoms with Crippen molar-refractivity contribution in [2.75, 3.05) is 4.90 Å². The summed E-state index contributed by atoms with van der Waals surface area (Å²) in [5.74, 6) is 0. The Kier molecular flexibility index (Phi) is 8.39. The van der Waals surface area contributed by atoms with Crippen LogP contribution in [0.1, 0.15) is 0 Å². The van der Waals surface area contributed by atoms with Crippen LogP contribution in [0.5, 0.6) is 0 Å². The van der Waals surface area contributed by atoms with E-state index in [1.54, 1.807) is 0 Å². The third kappa shape index (κ3) is 5.85. The summed E-state index contributed by atoms with van der Waals surface area (Å²) in [5.41, 5.74) is 14.4. The molecule has 0 bridgehead atoms. The van der Waals surface area contributed by atoms with Crippen molar-refractivity contribution in [3.63, 3.8) is 0 Å². The summed E-state index contributed by atoms with van der Waals surface area (Å²) >= 11 is 1.86. The minimum absolute atomic E-state index is 0.901. The molecule has 286 valence electrons. The topological polar surface area (TPSA) is 16.4 Å². The molecule has 0 radical (unpaired) electrons. The molecular formula is C58H37NOS. The molecule has 0 aliphatic heterocycles. The lowest BCUT2D eigenvalue weighted by molar-refractivity contribution is 0.670. The van der Waals surface area contributed by atoms with Gasteiger partial charge in [0.25, 0.3) is 0 Å². The van der Waals surface area contributed by atoms with Gasteiger partial charge in [0, 0.05) is 53.3 Å². The summed E-state index contributed by atoms with van der Waals surface area (Å²) in [5, 5.41) is 7.30. The van der Waals surface area contributed by atoms with Gasteiger partial charge in [-0.15, -0.1) is 11.3 Å². The molecule has 12 rings (SSSR count). The van der Waals surface area contributed by atoms with Gasteiger partial charge in [0.2, 0.25) is 0 Å². The maximum Gasteiger partial charge on any atom is 0.143 e. The Morgan fingerprint density at radius 3 is 1.64 bits per heavy atom. The van der Waals surface area contributed by atoms with Gasteiger partial charge in [-0.25, -0.2) is 0 Å². The number of hydrogen-bond acceptors (Lipinski definition) is 3. The second-order valence-corrected chi connectivity index (χ2v) is 16.6. The zero-order chi connectivity index (χ0) is 40.3. The Morgan fingerprint density at radius 2 is 0.836 bits per heavy atom. The number of para-hydroxylation sites is 4. The van der Waals surface area contributed by atoms with Gasteiger partial charge in [0.05, 0.1) is 11.4 Å². The monoisotopic (exact) mass is 795 g/mol. The first-order chi connectivity index (χ1) is 30.3. The molecule has 0 saturated heterocycles. The van der Waals surface area contributed by atoms with Crippen molar-refractivity contribution in [1.29, 1.82) is 0 Å². The van der Waals surface area contributed by atoms with E-state index in [0.717, 1.165) is 55.7 Å². The van der Waals surface area contributed by atoms with E-state index in [2.05, 4.69) is 217 Å². The third-order valence-corrected chi connectivity index (χ3v) is 13.3. The van der Waals surface area contributed by atoms with Crippen LogP contribution in [0.15, 0.2) is 229 Å². The predicted octanol–water partition coefficient (Wildman–Crippen LogP) is 17.2. The number of thiophene rings is 1. The third-order valence-electron chi connectivity index (χ3n) is 12.1. The molecule has 12 aromatic rings. The van der Waals surface area contributed by atoms with Crippen LogP contribution >= 0.6 is 11.3 Å². The minimum Gasteiger partial charge on any atom is -0.455 e. The van der Waals surface area contributed by atoms with E-state index in [1.165, 1.54) is 58.8 Å². The molecule has 0 aliphatic carbocycles. The van der Waals surface area contributed by atoms with Crippen LogP contribution in [-0.4, -0.2) is 0 Å². The Bertz CT molecular complexity index is 3610. The van der Waals surface area contributed by atoms with Gasteiger partial charge < -0.3 is 9.32 Å². The quantitative estimate of drug-likeness (QED) is 0.160. The molecule has 2 nitrogen and oxygen atoms in total. The Morgan fingerprint density at radius 1 is 0.328 bits per heavy atom. The fourth-order valence-corrected chi connectivity index (χ4v) is 10.5. The molecule has 10 aromatic carbocycles. The lowest BCUT2D eigenvalue weighted by atomic mass is 9.90. The fourth-order valence-electron chi connectivity index (χ4n) is 9.38. The van der Waals surface area contributed by atoms with Crippen LogP contribution < -0.4 is 4.90 Å². The van der Waals surface area contributed by atoms with E-state index in [1.807, 2.05) is 23.5 Å². The van der Waals surface area contributed by atoms with E-state index in [-0.39, 0.29) is 0 Å². The number of rotatable bonds is 7. The Hall–Kier alpha value is -7.72. The lowest BCUT2D eigenvalue weighted by Crippen LogP contribution is -2.12. The van der Waals surface area contributed by atoms with Crippen molar-refractivity contribution in [1.82, 2.24) is 0 Å². The number of hydrogen-bond donors (Lipinski definition) is 0. The molecule has 0 atom stereocenters. The van der Waals surface area contributed by atoms with Crippen molar-refractivity contribution in [3.05, 3.63) is 224 Å². The van der Waals surface area contributed by atoms with E-state index in [0.29, 0.717) is 0 Å². The maximum absolute atomic E-state index is 6.51. The Balaban J connectivity index is 1.09. The van der Waals surface area contributed by atoms with E-state index >= 15 is 0 Å². The average molecular weight is 796 g/mol. The number of nitrogens with zero attached hydrogens (tertiary/aromatic N) is 1. The predicted molar refractivity (Wildman–Crippen MR) is 261 cm³/mol. The molecular weight excluding hydrogens is 759 g/mol. The van der Waals surface area contributed by atoms with Crippen molar-refractivity contribution in [2.45, 2.75) is 0 Å². The van der Waals surface area contributed by atoms with Crippen LogP contribution in [0.25, 0.3) is 97.4 Å². The minimum atomic E-state index is 0.901. The van der Waals surface area contributed by atoms with Gasteiger partial charge in [0.1, 0.15) is 11.2 Å². The van der Waals surface area contributed by atoms with Gasteiger partial charge >= 0.3 is 0 Å². The summed E-state index contributed by atoms with van der Waals surface area (Å²) < 4.78 is 9.09. The van der Waals surface area contributed by atoms with Crippen molar-refractivity contribution < 1.29 is 4.42 Å². The first kappa shape index (κ1) is 35.2. The molecule has 2 aromatic heterocycles.